The van der Waals surface area contributed by atoms with Crippen LogP contribution in [-0.4, -0.2) is 40.7 Å². The number of likely N-dealkylation sites (tertiary alicyclic amines) is 1. The highest BCUT2D eigenvalue weighted by molar-refractivity contribution is 5.75. The van der Waals surface area contributed by atoms with Gasteiger partial charge in [-0.15, -0.1) is 0 Å². The van der Waals surface area contributed by atoms with Crippen molar-refractivity contribution in [2.75, 3.05) is 20.2 Å². The van der Waals surface area contributed by atoms with E-state index >= 15 is 0 Å². The summed E-state index contributed by atoms with van der Waals surface area (Å²) in [5, 5.41) is 10.6. The first kappa shape index (κ1) is 23.9. The van der Waals surface area contributed by atoms with Crippen LogP contribution in [0.3, 0.4) is 0 Å². The number of carbonyl (C=O) groups is 1. The molecule has 3 N–H and O–H groups in total. The fourth-order valence-corrected chi connectivity index (χ4v) is 5.61. The van der Waals surface area contributed by atoms with Crippen LogP contribution < -0.4 is 21.5 Å². The normalized spacial score (nSPS) is 19.9. The van der Waals surface area contributed by atoms with Gasteiger partial charge in [0.15, 0.2) is 5.76 Å². The summed E-state index contributed by atoms with van der Waals surface area (Å²) in [6.07, 6.45) is 0.883. The van der Waals surface area contributed by atoms with E-state index in [2.05, 4.69) is 4.90 Å². The Morgan fingerprint density at radius 1 is 1.17 bits per heavy atom. The number of carbonyl (C=O) groups excluding carboxylic acids is 1. The third-order valence-electron chi connectivity index (χ3n) is 7.17. The lowest BCUT2D eigenvalue weighted by Gasteiger charge is -2.42. The Bertz CT molecular complexity index is 1390. The van der Waals surface area contributed by atoms with Crippen LogP contribution in [0.4, 0.5) is 0 Å². The van der Waals surface area contributed by atoms with Crippen molar-refractivity contribution in [3.8, 4) is 11.5 Å². The molecule has 188 valence electrons. The maximum absolute atomic E-state index is 12.7. The third kappa shape index (κ3) is 4.66. The lowest BCUT2D eigenvalue weighted by atomic mass is 9.83. The van der Waals surface area contributed by atoms with Crippen LogP contribution >= 0.6 is 0 Å². The highest BCUT2D eigenvalue weighted by atomic mass is 16.5. The maximum atomic E-state index is 12.7. The molecule has 3 atom stereocenters. The molecule has 9 heteroatoms. The van der Waals surface area contributed by atoms with E-state index in [1.165, 1.54) is 6.07 Å². The molecule has 0 aliphatic carbocycles. The lowest BCUT2D eigenvalue weighted by molar-refractivity contribution is -0.118. The quantitative estimate of drug-likeness (QED) is 0.518. The van der Waals surface area contributed by atoms with Crippen LogP contribution in [0.25, 0.3) is 0 Å². The smallest absolute Gasteiger partial charge is 0.250 e. The summed E-state index contributed by atoms with van der Waals surface area (Å²) in [6, 6.07) is 13.7. The van der Waals surface area contributed by atoms with E-state index in [-0.39, 0.29) is 23.7 Å². The topological polar surface area (TPSA) is 128 Å². The second kappa shape index (κ2) is 9.66. The van der Waals surface area contributed by atoms with Gasteiger partial charge in [0.2, 0.25) is 17.1 Å². The van der Waals surface area contributed by atoms with Crippen LogP contribution in [0.2, 0.25) is 0 Å². The Labute approximate surface area is 207 Å². The van der Waals surface area contributed by atoms with Crippen LogP contribution in [-0.2, 0) is 17.9 Å². The predicted molar refractivity (Wildman–Crippen MR) is 132 cm³/mol. The van der Waals surface area contributed by atoms with E-state index in [0.717, 1.165) is 25.2 Å². The molecule has 0 spiro atoms. The molecule has 1 saturated heterocycles. The minimum absolute atomic E-state index is 0.0237. The van der Waals surface area contributed by atoms with Crippen molar-refractivity contribution in [1.82, 2.24) is 9.47 Å². The largest absolute Gasteiger partial charge is 0.502 e. The molecule has 2 bridgehead atoms. The molecule has 1 unspecified atom stereocenters. The van der Waals surface area contributed by atoms with E-state index in [1.54, 1.807) is 43.5 Å². The van der Waals surface area contributed by atoms with Gasteiger partial charge in [-0.05, 0) is 36.1 Å². The maximum Gasteiger partial charge on any atom is 0.250 e. The number of fused-ring (bicyclic) bond motifs is 4. The highest BCUT2D eigenvalue weighted by Crippen LogP contribution is 2.37. The van der Waals surface area contributed by atoms with Gasteiger partial charge in [-0.1, -0.05) is 18.2 Å². The van der Waals surface area contributed by atoms with Crippen molar-refractivity contribution in [1.29, 1.82) is 0 Å². The summed E-state index contributed by atoms with van der Waals surface area (Å²) >= 11 is 0. The molecular formula is C27H29N3O6. The Balaban J connectivity index is 1.44. The van der Waals surface area contributed by atoms with Crippen molar-refractivity contribution in [3.63, 3.8) is 0 Å². The Hall–Kier alpha value is -3.85. The number of methoxy groups -OCH3 is 1. The lowest BCUT2D eigenvalue weighted by Crippen LogP contribution is -2.46. The molecule has 0 saturated carbocycles. The number of piperidine rings is 1. The van der Waals surface area contributed by atoms with E-state index in [4.69, 9.17) is 14.9 Å². The van der Waals surface area contributed by atoms with Gasteiger partial charge >= 0.3 is 0 Å². The molecule has 2 aromatic heterocycles. The number of aromatic nitrogens is 1. The van der Waals surface area contributed by atoms with Crippen LogP contribution in [0.15, 0.2) is 62.5 Å². The zero-order valence-electron chi connectivity index (χ0n) is 20.1. The van der Waals surface area contributed by atoms with E-state index in [0.29, 0.717) is 36.1 Å². The number of ether oxygens (including phenoxy) is 1. The molecule has 9 nitrogen and oxygen atoms in total. The molecule has 5 rings (SSSR count). The monoisotopic (exact) mass is 491 g/mol. The molecule has 4 heterocycles. The number of nitrogens with two attached hydrogens (primary N) is 1. The van der Waals surface area contributed by atoms with E-state index in [1.807, 2.05) is 10.6 Å². The first-order valence-electron chi connectivity index (χ1n) is 12.0. The molecule has 1 fully saturated rings. The van der Waals surface area contributed by atoms with Gasteiger partial charge in [0.05, 0.1) is 19.6 Å². The fraction of sp³-hybridized carbons (Fsp3) is 0.370. The number of rotatable bonds is 7. The van der Waals surface area contributed by atoms with Gasteiger partial charge in [0.1, 0.15) is 11.5 Å². The Morgan fingerprint density at radius 3 is 2.67 bits per heavy atom. The molecule has 0 radical (unpaired) electrons. The average molecular weight is 492 g/mol. The SMILES string of the molecule is COc1ccc(C(CC(N)=O)c2oc(CN3C[C@H]4C[C@@H](C3)c3cccc(=O)n3C4)cc(=O)c2O)cc1. The summed E-state index contributed by atoms with van der Waals surface area (Å²) < 4.78 is 13.2. The van der Waals surface area contributed by atoms with Crippen LogP contribution in [0.1, 0.15) is 47.5 Å². The molecule has 1 amide bonds. The number of amides is 1. The second-order valence-electron chi connectivity index (χ2n) is 9.68. The number of hydrogen-bond acceptors (Lipinski definition) is 7. The first-order chi connectivity index (χ1) is 17.3. The van der Waals surface area contributed by atoms with Crippen molar-refractivity contribution in [3.05, 3.63) is 91.9 Å². The van der Waals surface area contributed by atoms with Crippen LogP contribution in [0.5, 0.6) is 11.5 Å². The second-order valence-corrected chi connectivity index (χ2v) is 9.68. The number of hydrogen-bond donors (Lipinski definition) is 2. The van der Waals surface area contributed by atoms with Crippen molar-refractivity contribution >= 4 is 5.91 Å². The van der Waals surface area contributed by atoms with Crippen molar-refractivity contribution in [2.45, 2.75) is 37.8 Å². The van der Waals surface area contributed by atoms with Crippen molar-refractivity contribution < 1.29 is 19.1 Å². The summed E-state index contributed by atoms with van der Waals surface area (Å²) in [6.45, 7) is 2.53. The van der Waals surface area contributed by atoms with Gasteiger partial charge in [0, 0.05) is 49.8 Å². The number of pyridine rings is 1. The van der Waals surface area contributed by atoms with Gasteiger partial charge < -0.3 is 24.6 Å². The van der Waals surface area contributed by atoms with E-state index in [9.17, 15) is 19.5 Å². The zero-order chi connectivity index (χ0) is 25.4. The summed E-state index contributed by atoms with van der Waals surface area (Å²) in [5.41, 5.74) is 6.67. The summed E-state index contributed by atoms with van der Waals surface area (Å²) in [5.74, 6) is -0.225. The Morgan fingerprint density at radius 2 is 1.94 bits per heavy atom. The number of nitrogens with zero attached hydrogens (tertiary/aromatic N) is 2. The zero-order valence-corrected chi connectivity index (χ0v) is 20.1. The van der Waals surface area contributed by atoms with Gasteiger partial charge in [-0.2, -0.15) is 0 Å². The highest BCUT2D eigenvalue weighted by Gasteiger charge is 2.35. The van der Waals surface area contributed by atoms with Gasteiger partial charge in [-0.3, -0.25) is 19.3 Å². The summed E-state index contributed by atoms with van der Waals surface area (Å²) in [7, 11) is 1.55. The summed E-state index contributed by atoms with van der Waals surface area (Å²) in [4.78, 5) is 39.1. The van der Waals surface area contributed by atoms with Gasteiger partial charge in [0.25, 0.3) is 5.56 Å². The fourth-order valence-electron chi connectivity index (χ4n) is 5.61. The number of primary amides is 1. The molecular weight excluding hydrogens is 462 g/mol. The predicted octanol–water partition coefficient (Wildman–Crippen LogP) is 2.14. The van der Waals surface area contributed by atoms with E-state index < -0.39 is 23.0 Å². The Kier molecular flexibility index (Phi) is 6.40. The number of benzene rings is 1. The molecule has 2 aliphatic rings. The molecule has 36 heavy (non-hydrogen) atoms. The average Bonchev–Trinajstić information content (AvgIpc) is 2.85. The van der Waals surface area contributed by atoms with Crippen molar-refractivity contribution in [2.24, 2.45) is 11.7 Å². The molecule has 1 aromatic carbocycles. The standard InChI is InChI=1S/C27H29N3O6/c1-35-19-7-5-17(6-8-19)21(11-24(28)32)27-26(34)23(31)10-20(36-27)15-29-12-16-9-18(14-29)22-3-2-4-25(33)30(22)13-16/h2-8,10,16,18,21,34H,9,11-15H2,1H3,(H2,28,32)/t16-,18+,21?/m1/s1. The molecule has 2 aliphatic heterocycles. The molecule has 3 aromatic rings. The number of aromatic hydroxyl groups is 1. The third-order valence-corrected chi connectivity index (χ3v) is 7.17. The minimum atomic E-state index is -0.722. The van der Waals surface area contributed by atoms with Crippen LogP contribution in [0, 0.1) is 5.92 Å². The van der Waals surface area contributed by atoms with Gasteiger partial charge in [-0.25, -0.2) is 0 Å². The first-order valence-corrected chi connectivity index (χ1v) is 12.0. The minimum Gasteiger partial charge on any atom is -0.502 e.